The Morgan fingerprint density at radius 1 is 1.65 bits per heavy atom. The van der Waals surface area contributed by atoms with Crippen LogP contribution in [-0.4, -0.2) is 41.3 Å². The van der Waals surface area contributed by atoms with Gasteiger partial charge in [-0.25, -0.2) is 4.79 Å². The van der Waals surface area contributed by atoms with E-state index in [-0.39, 0.29) is 18.2 Å². The van der Waals surface area contributed by atoms with Gasteiger partial charge in [0.2, 0.25) is 5.91 Å². The van der Waals surface area contributed by atoms with E-state index in [0.717, 1.165) is 12.8 Å². The molecule has 0 aromatic carbocycles. The lowest BCUT2D eigenvalue weighted by Gasteiger charge is -2.22. The van der Waals surface area contributed by atoms with Crippen LogP contribution in [0.1, 0.15) is 19.3 Å². The summed E-state index contributed by atoms with van der Waals surface area (Å²) in [7, 11) is 0. The second-order valence-corrected chi connectivity index (χ2v) is 4.32. The van der Waals surface area contributed by atoms with Crippen LogP contribution in [0.4, 0.5) is 4.79 Å². The third kappa shape index (κ3) is 2.64. The lowest BCUT2D eigenvalue weighted by molar-refractivity contribution is -0.121. The molecule has 1 aliphatic heterocycles. The molecule has 6 heteroatoms. The number of rotatable bonds is 5. The second kappa shape index (κ2) is 4.57. The Balaban J connectivity index is 1.96. The zero-order chi connectivity index (χ0) is 12.4. The van der Waals surface area contributed by atoms with Gasteiger partial charge in [-0.1, -0.05) is 6.08 Å². The van der Waals surface area contributed by atoms with E-state index in [1.54, 1.807) is 6.08 Å². The maximum Gasteiger partial charge on any atom is 0.346 e. The first-order valence-corrected chi connectivity index (χ1v) is 5.66. The number of carbonyl (C=O) groups excluding carboxylic acids is 2. The number of nitrogens with two attached hydrogens (primary N) is 1. The summed E-state index contributed by atoms with van der Waals surface area (Å²) in [6, 6.07) is -0.517. The average molecular weight is 236 g/mol. The summed E-state index contributed by atoms with van der Waals surface area (Å²) in [6.45, 7) is 3.92. The van der Waals surface area contributed by atoms with E-state index >= 15 is 0 Å². The largest absolute Gasteiger partial charge is 0.385 e. The fourth-order valence-electron chi connectivity index (χ4n) is 1.79. The molecule has 1 heterocycles. The summed E-state index contributed by atoms with van der Waals surface area (Å²) in [5.41, 5.74) is 5.66. The van der Waals surface area contributed by atoms with Crippen molar-refractivity contribution in [2.45, 2.75) is 31.3 Å². The van der Waals surface area contributed by atoms with E-state index in [1.807, 2.05) is 0 Å². The molecule has 1 fully saturated rings. The summed E-state index contributed by atoms with van der Waals surface area (Å²) in [5.74, 6) is 0.127. The molecular weight excluding hydrogens is 220 g/mol. The van der Waals surface area contributed by atoms with E-state index < -0.39 is 12.1 Å². The molecule has 1 unspecified atom stereocenters. The molecule has 92 valence electrons. The van der Waals surface area contributed by atoms with Crippen LogP contribution in [0.5, 0.6) is 0 Å². The van der Waals surface area contributed by atoms with Crippen LogP contribution in [0.2, 0.25) is 0 Å². The summed E-state index contributed by atoms with van der Waals surface area (Å²) in [6.07, 6.45) is 3.84. The van der Waals surface area contributed by atoms with Crippen molar-refractivity contribution >= 4 is 17.8 Å². The van der Waals surface area contributed by atoms with Gasteiger partial charge < -0.3 is 16.0 Å². The van der Waals surface area contributed by atoms with Gasteiger partial charge in [-0.3, -0.25) is 4.79 Å². The Kier molecular flexibility index (Phi) is 3.12. The Morgan fingerprint density at radius 2 is 2.35 bits per heavy atom. The molecule has 1 saturated carbocycles. The minimum Gasteiger partial charge on any atom is -0.385 e. The quantitative estimate of drug-likeness (QED) is 0.659. The number of nitrogens with one attached hydrogen (secondary N) is 1. The van der Waals surface area contributed by atoms with Gasteiger partial charge in [-0.05, 0) is 12.8 Å². The molecule has 0 spiro atoms. The first-order valence-electron chi connectivity index (χ1n) is 5.66. The summed E-state index contributed by atoms with van der Waals surface area (Å²) in [5, 5.41) is 2.87. The van der Waals surface area contributed by atoms with Crippen LogP contribution in [0.25, 0.3) is 0 Å². The fraction of sp³-hybridized carbons (Fsp3) is 0.545. The molecule has 3 amide bonds. The Bertz CT molecular complexity index is 387. The Hall–Kier alpha value is -1.85. The van der Waals surface area contributed by atoms with Crippen LogP contribution in [0.15, 0.2) is 17.6 Å². The van der Waals surface area contributed by atoms with Crippen molar-refractivity contribution in [1.29, 1.82) is 0 Å². The molecule has 1 aliphatic carbocycles. The smallest absolute Gasteiger partial charge is 0.346 e. The third-order valence-electron chi connectivity index (χ3n) is 2.84. The van der Waals surface area contributed by atoms with Crippen LogP contribution in [0, 0.1) is 0 Å². The van der Waals surface area contributed by atoms with E-state index in [4.69, 9.17) is 5.73 Å². The average Bonchev–Trinajstić information content (AvgIpc) is 3.02. The molecular formula is C11H16N4O2. The number of urea groups is 1. The summed E-state index contributed by atoms with van der Waals surface area (Å²) >= 11 is 0. The number of carbonyl (C=O) groups is 2. The highest BCUT2D eigenvalue weighted by Crippen LogP contribution is 2.20. The van der Waals surface area contributed by atoms with Gasteiger partial charge in [0.15, 0.2) is 0 Å². The van der Waals surface area contributed by atoms with Crippen molar-refractivity contribution in [3.8, 4) is 0 Å². The third-order valence-corrected chi connectivity index (χ3v) is 2.84. The van der Waals surface area contributed by atoms with Gasteiger partial charge in [-0.15, -0.1) is 6.58 Å². The van der Waals surface area contributed by atoms with Crippen LogP contribution < -0.4 is 11.1 Å². The highest BCUT2D eigenvalue weighted by molar-refractivity contribution is 6.04. The van der Waals surface area contributed by atoms with Crippen molar-refractivity contribution < 1.29 is 9.59 Å². The second-order valence-electron chi connectivity index (χ2n) is 4.32. The number of amidine groups is 1. The highest BCUT2D eigenvalue weighted by Gasteiger charge is 2.35. The molecule has 0 aromatic heterocycles. The first-order chi connectivity index (χ1) is 8.11. The topological polar surface area (TPSA) is 87.8 Å². The zero-order valence-electron chi connectivity index (χ0n) is 9.56. The number of aliphatic imine (C=N–C) groups is 1. The zero-order valence-corrected chi connectivity index (χ0v) is 9.56. The number of amides is 3. The minimum atomic E-state index is -0.431. The molecule has 1 atom stereocenters. The Morgan fingerprint density at radius 3 is 2.94 bits per heavy atom. The van der Waals surface area contributed by atoms with Crippen molar-refractivity contribution in [1.82, 2.24) is 10.2 Å². The monoisotopic (exact) mass is 236 g/mol. The number of nitrogens with zero attached hydrogens (tertiary/aromatic N) is 2. The summed E-state index contributed by atoms with van der Waals surface area (Å²) < 4.78 is 0. The van der Waals surface area contributed by atoms with Crippen molar-refractivity contribution in [2.75, 3.05) is 6.54 Å². The van der Waals surface area contributed by atoms with E-state index in [2.05, 4.69) is 16.9 Å². The maximum atomic E-state index is 11.7. The van der Waals surface area contributed by atoms with Crippen molar-refractivity contribution in [2.24, 2.45) is 10.7 Å². The molecule has 0 radical (unpaired) electrons. The van der Waals surface area contributed by atoms with E-state index in [9.17, 15) is 9.59 Å². The minimum absolute atomic E-state index is 0.0839. The van der Waals surface area contributed by atoms with Gasteiger partial charge in [0, 0.05) is 12.6 Å². The highest BCUT2D eigenvalue weighted by atomic mass is 16.2. The molecule has 0 aromatic rings. The lowest BCUT2D eigenvalue weighted by atomic mass is 10.1. The van der Waals surface area contributed by atoms with Crippen molar-refractivity contribution in [3.05, 3.63) is 12.7 Å². The molecule has 2 rings (SSSR count). The van der Waals surface area contributed by atoms with Crippen LogP contribution in [-0.2, 0) is 4.79 Å². The van der Waals surface area contributed by atoms with Crippen LogP contribution in [0.3, 0.4) is 0 Å². The van der Waals surface area contributed by atoms with Gasteiger partial charge in [-0.2, -0.15) is 4.99 Å². The normalized spacial score (nSPS) is 23.5. The number of hydrogen-bond donors (Lipinski definition) is 2. The van der Waals surface area contributed by atoms with Crippen LogP contribution >= 0.6 is 0 Å². The molecule has 17 heavy (non-hydrogen) atoms. The van der Waals surface area contributed by atoms with Gasteiger partial charge >= 0.3 is 6.03 Å². The molecule has 0 saturated heterocycles. The molecule has 3 N–H and O–H groups in total. The van der Waals surface area contributed by atoms with E-state index in [1.165, 1.54) is 4.90 Å². The lowest BCUT2D eigenvalue weighted by Crippen LogP contribution is -2.44. The predicted molar refractivity (Wildman–Crippen MR) is 63.5 cm³/mol. The molecule has 6 nitrogen and oxygen atoms in total. The van der Waals surface area contributed by atoms with Gasteiger partial charge in [0.05, 0.1) is 6.42 Å². The SMILES string of the molecule is C=CCN1C(=O)N=C(N)C1CC(=O)NC1CC1. The standard InChI is InChI=1S/C11H16N4O2/c1-2-5-15-8(10(12)14-11(15)17)6-9(16)13-7-3-4-7/h2,7-8H,1,3-6H2,(H,13,16)(H2,12,14,17). The Labute approximate surface area is 99.6 Å². The van der Waals surface area contributed by atoms with E-state index in [0.29, 0.717) is 12.6 Å². The predicted octanol–water partition coefficient (Wildman–Crippen LogP) is 0.00250. The first kappa shape index (κ1) is 11.6. The van der Waals surface area contributed by atoms with Gasteiger partial charge in [0.1, 0.15) is 11.9 Å². The maximum absolute atomic E-state index is 11.7. The summed E-state index contributed by atoms with van der Waals surface area (Å²) in [4.78, 5) is 28.3. The fourth-order valence-corrected chi connectivity index (χ4v) is 1.79. The number of hydrogen-bond acceptors (Lipinski definition) is 3. The van der Waals surface area contributed by atoms with Gasteiger partial charge in [0.25, 0.3) is 0 Å². The molecule has 2 aliphatic rings. The molecule has 0 bridgehead atoms. The van der Waals surface area contributed by atoms with Crippen molar-refractivity contribution in [3.63, 3.8) is 0 Å².